The van der Waals surface area contributed by atoms with Gasteiger partial charge in [-0.1, -0.05) is 12.8 Å². The fourth-order valence-corrected chi connectivity index (χ4v) is 3.45. The van der Waals surface area contributed by atoms with Crippen molar-refractivity contribution in [2.24, 2.45) is 5.92 Å². The molecule has 0 bridgehead atoms. The lowest BCUT2D eigenvalue weighted by Crippen LogP contribution is -2.47. The largest absolute Gasteiger partial charge is 0.393 e. The zero-order chi connectivity index (χ0) is 18.4. The molecule has 0 spiro atoms. The molecule has 3 amide bonds. The summed E-state index contributed by atoms with van der Waals surface area (Å²) in [6.07, 6.45) is -2.99. The lowest BCUT2D eigenvalue weighted by molar-refractivity contribution is -0.187. The second kappa shape index (κ2) is 6.16. The highest BCUT2D eigenvalue weighted by Crippen LogP contribution is 2.37. The first-order valence-corrected chi connectivity index (χ1v) is 8.04. The van der Waals surface area contributed by atoms with Gasteiger partial charge in [0, 0.05) is 18.7 Å². The summed E-state index contributed by atoms with van der Waals surface area (Å²) in [4.78, 5) is 37.1. The van der Waals surface area contributed by atoms with Crippen molar-refractivity contribution in [3.63, 3.8) is 0 Å². The number of hydrogen-bond donors (Lipinski definition) is 1. The molecule has 0 unspecified atom stereocenters. The maximum atomic E-state index is 13.1. The highest BCUT2D eigenvalue weighted by molar-refractivity contribution is 6.21. The molecular formula is C17H17F3N2O3. The molecule has 1 aliphatic carbocycles. The number of halogens is 3. The average Bonchev–Trinajstić information content (AvgIpc) is 2.78. The molecule has 25 heavy (non-hydrogen) atoms. The lowest BCUT2D eigenvalue weighted by Gasteiger charge is -2.33. The Labute approximate surface area is 142 Å². The number of fused-ring (bicyclic) bond motifs is 1. The fourth-order valence-electron chi connectivity index (χ4n) is 3.45. The van der Waals surface area contributed by atoms with E-state index in [1.165, 1.54) is 25.2 Å². The van der Waals surface area contributed by atoms with E-state index in [4.69, 9.17) is 0 Å². The molecule has 8 heteroatoms. The minimum absolute atomic E-state index is 0.00355. The summed E-state index contributed by atoms with van der Waals surface area (Å²) in [6.45, 7) is 0. The summed E-state index contributed by atoms with van der Waals surface area (Å²) in [6, 6.07) is 2.99. The Bertz CT molecular complexity index is 745. The Kier molecular flexibility index (Phi) is 4.30. The van der Waals surface area contributed by atoms with Crippen molar-refractivity contribution >= 4 is 17.7 Å². The van der Waals surface area contributed by atoms with Crippen LogP contribution in [0.1, 0.15) is 56.8 Å². The van der Waals surface area contributed by atoms with Crippen molar-refractivity contribution in [2.75, 3.05) is 7.05 Å². The third-order valence-electron chi connectivity index (χ3n) is 4.85. The number of rotatable bonds is 2. The molecule has 1 saturated carbocycles. The molecule has 0 radical (unpaired) electrons. The molecule has 134 valence electrons. The first-order valence-electron chi connectivity index (χ1n) is 8.04. The van der Waals surface area contributed by atoms with Crippen LogP contribution in [0.2, 0.25) is 0 Å². The van der Waals surface area contributed by atoms with Crippen molar-refractivity contribution in [2.45, 2.75) is 37.9 Å². The van der Waals surface area contributed by atoms with Gasteiger partial charge in [-0.05, 0) is 31.0 Å². The van der Waals surface area contributed by atoms with Gasteiger partial charge in [0.25, 0.3) is 17.7 Å². The van der Waals surface area contributed by atoms with Crippen molar-refractivity contribution in [3.8, 4) is 0 Å². The molecule has 1 N–H and O–H groups in total. The molecule has 1 aromatic rings. The maximum Gasteiger partial charge on any atom is 0.393 e. The van der Waals surface area contributed by atoms with Gasteiger partial charge >= 0.3 is 6.18 Å². The van der Waals surface area contributed by atoms with Crippen molar-refractivity contribution < 1.29 is 27.6 Å². The first-order chi connectivity index (χ1) is 11.7. The van der Waals surface area contributed by atoms with Crippen LogP contribution in [0.4, 0.5) is 13.2 Å². The molecule has 3 rings (SSSR count). The second-order valence-electron chi connectivity index (χ2n) is 6.44. The lowest BCUT2D eigenvalue weighted by atomic mass is 9.84. The van der Waals surface area contributed by atoms with Crippen LogP contribution >= 0.6 is 0 Å². The number of carbonyl (C=O) groups is 3. The Morgan fingerprint density at radius 1 is 1.12 bits per heavy atom. The SMILES string of the molecule is CN1C(=O)c2ccc(C(=O)N[C@H]3CCCC[C@@H]3C(F)(F)F)cc2C1=O. The molecule has 2 aliphatic rings. The average molecular weight is 354 g/mol. The number of benzene rings is 1. The van der Waals surface area contributed by atoms with Crippen LogP contribution in [-0.4, -0.2) is 41.9 Å². The summed E-state index contributed by atoms with van der Waals surface area (Å²) in [5, 5.41) is 2.45. The standard InChI is InChI=1S/C17H17F3N2O3/c1-22-15(24)10-7-6-9(8-11(10)16(22)25)14(23)21-13-5-3-2-4-12(13)17(18,19)20/h6-8,12-13H,2-5H2,1H3,(H,21,23)/t12-,13-/m0/s1. The summed E-state index contributed by atoms with van der Waals surface area (Å²) in [7, 11) is 1.33. The number of carbonyl (C=O) groups excluding carboxylic acids is 3. The molecule has 0 aromatic heterocycles. The third kappa shape index (κ3) is 3.12. The fraction of sp³-hybridized carbons (Fsp3) is 0.471. The van der Waals surface area contributed by atoms with Crippen LogP contribution in [0.3, 0.4) is 0 Å². The monoisotopic (exact) mass is 354 g/mol. The summed E-state index contributed by atoms with van der Waals surface area (Å²) in [5.41, 5.74) is 0.354. The number of nitrogens with one attached hydrogen (secondary N) is 1. The highest BCUT2D eigenvalue weighted by Gasteiger charge is 2.46. The van der Waals surface area contributed by atoms with E-state index in [0.717, 1.165) is 4.90 Å². The van der Waals surface area contributed by atoms with Gasteiger partial charge in [-0.3, -0.25) is 19.3 Å². The van der Waals surface area contributed by atoms with E-state index in [2.05, 4.69) is 5.32 Å². The van der Waals surface area contributed by atoms with E-state index >= 15 is 0 Å². The topological polar surface area (TPSA) is 66.5 Å². The predicted molar refractivity (Wildman–Crippen MR) is 82.1 cm³/mol. The summed E-state index contributed by atoms with van der Waals surface area (Å²) < 4.78 is 39.4. The summed E-state index contributed by atoms with van der Waals surface area (Å²) >= 11 is 0. The maximum absolute atomic E-state index is 13.1. The van der Waals surface area contributed by atoms with Crippen LogP contribution < -0.4 is 5.32 Å². The van der Waals surface area contributed by atoms with Gasteiger partial charge in [0.1, 0.15) is 0 Å². The van der Waals surface area contributed by atoms with Gasteiger partial charge in [-0.15, -0.1) is 0 Å². The second-order valence-corrected chi connectivity index (χ2v) is 6.44. The van der Waals surface area contributed by atoms with Crippen LogP contribution in [0.5, 0.6) is 0 Å². The number of amides is 3. The van der Waals surface area contributed by atoms with E-state index in [9.17, 15) is 27.6 Å². The molecular weight excluding hydrogens is 337 g/mol. The molecule has 5 nitrogen and oxygen atoms in total. The van der Waals surface area contributed by atoms with E-state index in [1.807, 2.05) is 0 Å². The van der Waals surface area contributed by atoms with Crippen LogP contribution in [0.25, 0.3) is 0 Å². The third-order valence-corrected chi connectivity index (χ3v) is 4.85. The molecule has 1 fully saturated rings. The number of nitrogens with zero attached hydrogens (tertiary/aromatic N) is 1. The summed E-state index contributed by atoms with van der Waals surface area (Å²) in [5.74, 6) is -3.22. The van der Waals surface area contributed by atoms with Gasteiger partial charge in [-0.25, -0.2) is 0 Å². The molecule has 2 atom stereocenters. The van der Waals surface area contributed by atoms with Crippen LogP contribution in [0, 0.1) is 5.92 Å². The normalized spacial score (nSPS) is 23.6. The highest BCUT2D eigenvalue weighted by atomic mass is 19.4. The van der Waals surface area contributed by atoms with E-state index in [-0.39, 0.29) is 29.5 Å². The van der Waals surface area contributed by atoms with E-state index < -0.39 is 35.9 Å². The van der Waals surface area contributed by atoms with Gasteiger partial charge in [0.05, 0.1) is 17.0 Å². The Hall–Kier alpha value is -2.38. The zero-order valence-corrected chi connectivity index (χ0v) is 13.5. The number of imide groups is 1. The molecule has 0 saturated heterocycles. The van der Waals surface area contributed by atoms with Gasteiger partial charge in [0.15, 0.2) is 0 Å². The predicted octanol–water partition coefficient (Wildman–Crippen LogP) is 2.76. The number of hydrogen-bond acceptors (Lipinski definition) is 3. The first kappa shape index (κ1) is 17.4. The quantitative estimate of drug-likeness (QED) is 0.831. The zero-order valence-electron chi connectivity index (χ0n) is 13.5. The van der Waals surface area contributed by atoms with Crippen molar-refractivity contribution in [3.05, 3.63) is 34.9 Å². The molecule has 1 aliphatic heterocycles. The molecule has 1 aromatic carbocycles. The Morgan fingerprint density at radius 2 is 1.76 bits per heavy atom. The molecule has 1 heterocycles. The van der Waals surface area contributed by atoms with Gasteiger partial charge in [0.2, 0.25) is 0 Å². The Balaban J connectivity index is 1.80. The van der Waals surface area contributed by atoms with Crippen molar-refractivity contribution in [1.29, 1.82) is 0 Å². The van der Waals surface area contributed by atoms with Crippen molar-refractivity contribution in [1.82, 2.24) is 10.2 Å². The van der Waals surface area contributed by atoms with Crippen LogP contribution in [-0.2, 0) is 0 Å². The van der Waals surface area contributed by atoms with Gasteiger partial charge < -0.3 is 5.32 Å². The van der Waals surface area contributed by atoms with Gasteiger partial charge in [-0.2, -0.15) is 13.2 Å². The minimum atomic E-state index is -4.36. The number of alkyl halides is 3. The van der Waals surface area contributed by atoms with Crippen LogP contribution in [0.15, 0.2) is 18.2 Å². The Morgan fingerprint density at radius 3 is 2.44 bits per heavy atom. The smallest absolute Gasteiger partial charge is 0.349 e. The van der Waals surface area contributed by atoms with E-state index in [0.29, 0.717) is 12.8 Å². The minimum Gasteiger partial charge on any atom is -0.349 e. The van der Waals surface area contributed by atoms with E-state index in [1.54, 1.807) is 0 Å².